The van der Waals surface area contributed by atoms with Crippen molar-refractivity contribution in [2.45, 2.75) is 49.5 Å². The van der Waals surface area contributed by atoms with Crippen molar-refractivity contribution in [3.8, 4) is 0 Å². The van der Waals surface area contributed by atoms with Crippen molar-refractivity contribution in [3.05, 3.63) is 41.6 Å². The topological polar surface area (TPSA) is 64.1 Å². The van der Waals surface area contributed by atoms with E-state index in [9.17, 15) is 13.2 Å². The molecule has 2 aromatic rings. The van der Waals surface area contributed by atoms with E-state index in [1.54, 1.807) is 0 Å². The summed E-state index contributed by atoms with van der Waals surface area (Å²) >= 11 is 0. The van der Waals surface area contributed by atoms with Crippen molar-refractivity contribution in [2.75, 3.05) is 0 Å². The van der Waals surface area contributed by atoms with Crippen LogP contribution in [0.2, 0.25) is 0 Å². The number of hydrogen-bond acceptors (Lipinski definition) is 4. The number of fused-ring (bicyclic) bond motifs is 3. The van der Waals surface area contributed by atoms with Crippen LogP contribution in [0.4, 0.5) is 0 Å². The van der Waals surface area contributed by atoms with Crippen molar-refractivity contribution in [1.29, 1.82) is 0 Å². The Morgan fingerprint density at radius 2 is 1.79 bits per heavy atom. The third-order valence-corrected chi connectivity index (χ3v) is 8.27. The predicted molar refractivity (Wildman–Crippen MR) is 93.9 cm³/mol. The zero-order valence-electron chi connectivity index (χ0n) is 13.7. The summed E-state index contributed by atoms with van der Waals surface area (Å²) in [6, 6.07) is 9.53. The van der Waals surface area contributed by atoms with Crippen LogP contribution in [0.3, 0.4) is 0 Å². The van der Waals surface area contributed by atoms with Crippen LogP contribution in [0.25, 0.3) is 10.9 Å². The van der Waals surface area contributed by atoms with Gasteiger partial charge in [0, 0.05) is 22.6 Å². The molecular weight excluding hydrogens is 322 g/mol. The highest BCUT2D eigenvalue weighted by Gasteiger charge is 2.46. The second-order valence-electron chi connectivity index (χ2n) is 7.16. The lowest BCUT2D eigenvalue weighted by Gasteiger charge is -2.38. The Bertz CT molecular complexity index is 899. The van der Waals surface area contributed by atoms with Gasteiger partial charge < -0.3 is 0 Å². The average molecular weight is 343 g/mol. The van der Waals surface area contributed by atoms with Gasteiger partial charge in [0.2, 0.25) is 0 Å². The van der Waals surface area contributed by atoms with Crippen LogP contribution in [0.5, 0.6) is 0 Å². The molecule has 1 aromatic heterocycles. The van der Waals surface area contributed by atoms with E-state index in [-0.39, 0.29) is 22.2 Å². The number of Topliss-reactive ketones (excluding diaryl/α,β-unsaturated/α-hetero) is 1. The largest absolute Gasteiger partial charge is 0.294 e. The number of aromatic nitrogens is 1. The maximum Gasteiger partial charge on any atom is 0.166 e. The Hall–Kier alpha value is -1.75. The molecule has 0 radical (unpaired) electrons. The molecule has 0 aliphatic carbocycles. The number of sulfone groups is 1. The molecule has 4 nitrogen and oxygen atoms in total. The van der Waals surface area contributed by atoms with E-state index < -0.39 is 9.84 Å². The first kappa shape index (κ1) is 15.8. The van der Waals surface area contributed by atoms with Crippen LogP contribution in [-0.4, -0.2) is 29.7 Å². The smallest absolute Gasteiger partial charge is 0.166 e. The molecule has 2 aliphatic rings. The first-order valence-electron chi connectivity index (χ1n) is 8.59. The zero-order valence-corrected chi connectivity index (χ0v) is 14.6. The van der Waals surface area contributed by atoms with Crippen molar-refractivity contribution in [3.63, 3.8) is 0 Å². The highest BCUT2D eigenvalue weighted by Crippen LogP contribution is 2.40. The molecule has 0 spiro atoms. The molecule has 1 aromatic carbocycles. The molecule has 2 fully saturated rings. The van der Waals surface area contributed by atoms with Crippen LogP contribution in [0, 0.1) is 12.8 Å². The van der Waals surface area contributed by atoms with Crippen molar-refractivity contribution in [1.82, 2.24) is 4.98 Å². The summed E-state index contributed by atoms with van der Waals surface area (Å²) in [6.07, 6.45) is 3.37. The molecular formula is C19H21NO3S. The van der Waals surface area contributed by atoms with Crippen molar-refractivity contribution < 1.29 is 13.2 Å². The molecule has 5 heteroatoms. The minimum absolute atomic E-state index is 0.0873. The highest BCUT2D eigenvalue weighted by atomic mass is 32.2. The maximum atomic E-state index is 12.9. The van der Waals surface area contributed by atoms with Gasteiger partial charge in [0.25, 0.3) is 0 Å². The van der Waals surface area contributed by atoms with E-state index in [0.717, 1.165) is 23.0 Å². The van der Waals surface area contributed by atoms with Crippen LogP contribution >= 0.6 is 0 Å². The molecule has 2 atom stereocenters. The van der Waals surface area contributed by atoms with Gasteiger partial charge >= 0.3 is 0 Å². The number of hydrogen-bond donors (Lipinski definition) is 0. The first-order chi connectivity index (χ1) is 11.4. The molecule has 4 rings (SSSR count). The van der Waals surface area contributed by atoms with Gasteiger partial charge in [0.15, 0.2) is 15.6 Å². The summed E-state index contributed by atoms with van der Waals surface area (Å²) in [5, 5.41) is 0.322. The Morgan fingerprint density at radius 3 is 2.50 bits per heavy atom. The van der Waals surface area contributed by atoms with Crippen LogP contribution in [-0.2, 0) is 9.84 Å². The minimum Gasteiger partial charge on any atom is -0.294 e. The molecule has 2 unspecified atom stereocenters. The number of benzene rings is 1. The maximum absolute atomic E-state index is 12.9. The number of rotatable bonds is 2. The van der Waals surface area contributed by atoms with Crippen molar-refractivity contribution >= 4 is 26.5 Å². The Morgan fingerprint density at radius 1 is 1.08 bits per heavy atom. The van der Waals surface area contributed by atoms with E-state index in [4.69, 9.17) is 0 Å². The quantitative estimate of drug-likeness (QED) is 0.783. The van der Waals surface area contributed by atoms with Crippen molar-refractivity contribution in [2.24, 2.45) is 5.92 Å². The molecule has 0 N–H and O–H groups in total. The molecule has 3 heterocycles. The van der Waals surface area contributed by atoms with Gasteiger partial charge in [-0.05, 0) is 56.9 Å². The summed E-state index contributed by atoms with van der Waals surface area (Å²) in [5.74, 6) is -0.0797. The predicted octanol–water partition coefficient (Wildman–Crippen LogP) is 3.47. The van der Waals surface area contributed by atoms with Crippen LogP contribution < -0.4 is 0 Å². The van der Waals surface area contributed by atoms with E-state index in [1.165, 1.54) is 0 Å². The molecule has 2 aliphatic heterocycles. The van der Waals surface area contributed by atoms with E-state index in [2.05, 4.69) is 4.98 Å². The summed E-state index contributed by atoms with van der Waals surface area (Å²) in [7, 11) is -3.02. The number of nitrogens with zero attached hydrogens (tertiary/aromatic N) is 1. The number of aryl methyl sites for hydroxylation is 1. The molecule has 0 amide bonds. The number of carbonyl (C=O) groups excluding carboxylic acids is 1. The lowest BCUT2D eigenvalue weighted by Crippen LogP contribution is -2.45. The third-order valence-electron chi connectivity index (χ3n) is 5.56. The summed E-state index contributed by atoms with van der Waals surface area (Å²) < 4.78 is 24.8. The summed E-state index contributed by atoms with van der Waals surface area (Å²) in [5.41, 5.74) is 2.51. The van der Waals surface area contributed by atoms with Gasteiger partial charge in [-0.3, -0.25) is 9.78 Å². The van der Waals surface area contributed by atoms with Gasteiger partial charge in [0.05, 0.1) is 16.0 Å². The molecule has 0 saturated carbocycles. The van der Waals surface area contributed by atoms with Gasteiger partial charge in [-0.25, -0.2) is 8.42 Å². The standard InChI is InChI=1S/C19H21NO3S/c1-12-5-6-13-9-14(7-8-18(13)20-12)19(21)15-10-16-3-2-4-17(11-15)24(16,22)23/h5-9,15-17H,2-4,10-11H2,1H3. The zero-order chi connectivity index (χ0) is 16.9. The first-order valence-corrected chi connectivity index (χ1v) is 10.2. The normalized spacial score (nSPS) is 28.6. The Balaban J connectivity index is 1.63. The number of carbonyl (C=O) groups is 1. The highest BCUT2D eigenvalue weighted by molar-refractivity contribution is 7.92. The minimum atomic E-state index is -3.02. The fraction of sp³-hybridized carbons (Fsp3) is 0.474. The van der Waals surface area contributed by atoms with E-state index in [0.29, 0.717) is 31.2 Å². The fourth-order valence-electron chi connectivity index (χ4n) is 4.24. The fourth-order valence-corrected chi connectivity index (χ4v) is 6.78. The molecule has 2 bridgehead atoms. The molecule has 126 valence electrons. The Kier molecular flexibility index (Phi) is 3.71. The second kappa shape index (κ2) is 5.66. The van der Waals surface area contributed by atoms with Gasteiger partial charge in [0.1, 0.15) is 0 Å². The van der Waals surface area contributed by atoms with Gasteiger partial charge in [-0.2, -0.15) is 0 Å². The number of ketones is 1. The van der Waals surface area contributed by atoms with E-state index >= 15 is 0 Å². The third kappa shape index (κ3) is 2.55. The summed E-state index contributed by atoms with van der Waals surface area (Å²) in [6.45, 7) is 1.94. The SMILES string of the molecule is Cc1ccc2cc(C(=O)C3CC4CCCC(C3)S4(=O)=O)ccc2n1. The van der Waals surface area contributed by atoms with E-state index in [1.807, 2.05) is 37.3 Å². The molecule has 2 saturated heterocycles. The van der Waals surface area contributed by atoms with Crippen LogP contribution in [0.1, 0.15) is 48.2 Å². The van der Waals surface area contributed by atoms with Gasteiger partial charge in [-0.15, -0.1) is 0 Å². The average Bonchev–Trinajstić information content (AvgIpc) is 2.52. The lowest BCUT2D eigenvalue weighted by atomic mass is 9.84. The second-order valence-corrected chi connectivity index (χ2v) is 9.67. The Labute approximate surface area is 142 Å². The lowest BCUT2D eigenvalue weighted by molar-refractivity contribution is 0.0894. The molecule has 24 heavy (non-hydrogen) atoms. The van der Waals surface area contributed by atoms with Crippen LogP contribution in [0.15, 0.2) is 30.3 Å². The monoisotopic (exact) mass is 343 g/mol. The van der Waals surface area contributed by atoms with Gasteiger partial charge in [-0.1, -0.05) is 12.5 Å². The summed E-state index contributed by atoms with van der Waals surface area (Å²) in [4.78, 5) is 17.4. The number of pyridine rings is 1.